The van der Waals surface area contributed by atoms with E-state index in [1.165, 1.54) is 5.56 Å². The molecule has 1 saturated heterocycles. The Hall–Kier alpha value is -1.88. The molecule has 0 unspecified atom stereocenters. The van der Waals surface area contributed by atoms with Crippen molar-refractivity contribution in [1.29, 1.82) is 0 Å². The lowest BCUT2D eigenvalue weighted by Crippen LogP contribution is -2.46. The first-order valence-corrected chi connectivity index (χ1v) is 9.45. The molecule has 0 spiro atoms. The smallest absolute Gasteiger partial charge is 0.127 e. The van der Waals surface area contributed by atoms with Crippen molar-refractivity contribution in [1.82, 2.24) is 4.90 Å². The second-order valence-corrected chi connectivity index (χ2v) is 6.84. The monoisotopic (exact) mass is 355 g/mol. The van der Waals surface area contributed by atoms with E-state index in [2.05, 4.69) is 36.9 Å². The summed E-state index contributed by atoms with van der Waals surface area (Å²) < 4.78 is 17.5. The fourth-order valence-electron chi connectivity index (χ4n) is 3.42. The molecule has 0 amide bonds. The molecule has 0 radical (unpaired) electrons. The summed E-state index contributed by atoms with van der Waals surface area (Å²) in [5.74, 6) is 0.901. The first-order valence-electron chi connectivity index (χ1n) is 9.45. The van der Waals surface area contributed by atoms with Crippen LogP contribution in [0.5, 0.6) is 5.75 Å². The average molecular weight is 355 g/mol. The van der Waals surface area contributed by atoms with Gasteiger partial charge in [0.2, 0.25) is 0 Å². The van der Waals surface area contributed by atoms with E-state index in [9.17, 15) is 0 Å². The fourth-order valence-corrected chi connectivity index (χ4v) is 3.42. The molecule has 26 heavy (non-hydrogen) atoms. The molecule has 2 aromatic carbocycles. The quantitative estimate of drug-likeness (QED) is 0.673. The molecule has 4 nitrogen and oxygen atoms in total. The molecular weight excluding hydrogens is 326 g/mol. The summed E-state index contributed by atoms with van der Waals surface area (Å²) >= 11 is 0. The molecular formula is C22H29NO3. The van der Waals surface area contributed by atoms with Crippen LogP contribution in [0.3, 0.4) is 0 Å². The maximum Gasteiger partial charge on any atom is 0.127 e. The van der Waals surface area contributed by atoms with Gasteiger partial charge in [0.05, 0.1) is 25.4 Å². The van der Waals surface area contributed by atoms with Gasteiger partial charge in [0.25, 0.3) is 0 Å². The summed E-state index contributed by atoms with van der Waals surface area (Å²) in [5, 5.41) is 0. The average Bonchev–Trinajstić information content (AvgIpc) is 2.65. The molecule has 1 fully saturated rings. The summed E-state index contributed by atoms with van der Waals surface area (Å²) in [6.07, 6.45) is 0.605. The number of rotatable bonds is 8. The van der Waals surface area contributed by atoms with Crippen molar-refractivity contribution in [2.75, 3.05) is 39.5 Å². The molecule has 0 bridgehead atoms. The van der Waals surface area contributed by atoms with Crippen LogP contribution in [0.25, 0.3) is 11.1 Å². The van der Waals surface area contributed by atoms with Crippen LogP contribution in [0.15, 0.2) is 54.6 Å². The number of ether oxygens (including phenoxy) is 3. The van der Waals surface area contributed by atoms with E-state index in [0.29, 0.717) is 25.4 Å². The summed E-state index contributed by atoms with van der Waals surface area (Å²) in [4.78, 5) is 2.41. The summed E-state index contributed by atoms with van der Waals surface area (Å²) in [6.45, 7) is 9.03. The van der Waals surface area contributed by atoms with Gasteiger partial charge in [-0.2, -0.15) is 0 Å². The largest absolute Gasteiger partial charge is 0.491 e. The molecule has 0 aliphatic carbocycles. The maximum absolute atomic E-state index is 5.96. The molecule has 1 aliphatic rings. The van der Waals surface area contributed by atoms with Gasteiger partial charge in [0.15, 0.2) is 0 Å². The van der Waals surface area contributed by atoms with Crippen LogP contribution in [0.4, 0.5) is 0 Å². The molecule has 0 N–H and O–H groups in total. The number of nitrogens with zero attached hydrogens (tertiary/aromatic N) is 1. The van der Waals surface area contributed by atoms with E-state index < -0.39 is 0 Å². The molecule has 1 heterocycles. The van der Waals surface area contributed by atoms with E-state index in [4.69, 9.17) is 14.2 Å². The van der Waals surface area contributed by atoms with Crippen LogP contribution < -0.4 is 4.74 Å². The number of benzene rings is 2. The summed E-state index contributed by atoms with van der Waals surface area (Å²) in [7, 11) is 0. The normalized spacial score (nSPS) is 20.8. The zero-order valence-corrected chi connectivity index (χ0v) is 15.8. The Morgan fingerprint density at radius 3 is 2.35 bits per heavy atom. The number of hydrogen-bond acceptors (Lipinski definition) is 4. The standard InChI is InChI=1S/C22H29NO3/c1-18-16-23(17-19(2)26-18)12-13-24-14-15-25-22-11-7-6-10-21(22)20-8-4-3-5-9-20/h3-11,18-19H,12-17H2,1-2H3/t18-,19-/m1/s1. The van der Waals surface area contributed by atoms with Crippen molar-refractivity contribution in [3.8, 4) is 16.9 Å². The molecule has 0 saturated carbocycles. The van der Waals surface area contributed by atoms with E-state index in [-0.39, 0.29) is 0 Å². The predicted molar refractivity (Wildman–Crippen MR) is 105 cm³/mol. The molecule has 4 heteroatoms. The molecule has 2 atom stereocenters. The summed E-state index contributed by atoms with van der Waals surface area (Å²) in [6, 6.07) is 18.5. The van der Waals surface area contributed by atoms with Gasteiger partial charge >= 0.3 is 0 Å². The fraction of sp³-hybridized carbons (Fsp3) is 0.455. The molecule has 140 valence electrons. The van der Waals surface area contributed by atoms with Gasteiger partial charge in [-0.1, -0.05) is 48.5 Å². The van der Waals surface area contributed by atoms with E-state index >= 15 is 0 Å². The number of morpholine rings is 1. The highest BCUT2D eigenvalue weighted by Gasteiger charge is 2.21. The zero-order valence-electron chi connectivity index (χ0n) is 15.8. The van der Waals surface area contributed by atoms with Crippen LogP contribution in [-0.4, -0.2) is 56.6 Å². The van der Waals surface area contributed by atoms with Gasteiger partial charge < -0.3 is 14.2 Å². The van der Waals surface area contributed by atoms with E-state index in [0.717, 1.165) is 37.6 Å². The van der Waals surface area contributed by atoms with Crippen molar-refractivity contribution in [2.24, 2.45) is 0 Å². The lowest BCUT2D eigenvalue weighted by atomic mass is 10.1. The van der Waals surface area contributed by atoms with Gasteiger partial charge in [0, 0.05) is 25.2 Å². The Balaban J connectivity index is 1.39. The second kappa shape index (κ2) is 9.72. The topological polar surface area (TPSA) is 30.9 Å². The Morgan fingerprint density at radius 2 is 1.58 bits per heavy atom. The maximum atomic E-state index is 5.96. The van der Waals surface area contributed by atoms with Crippen molar-refractivity contribution < 1.29 is 14.2 Å². The van der Waals surface area contributed by atoms with Crippen LogP contribution in [0.2, 0.25) is 0 Å². The highest BCUT2D eigenvalue weighted by molar-refractivity contribution is 5.70. The zero-order chi connectivity index (χ0) is 18.2. The third-order valence-electron chi connectivity index (χ3n) is 4.50. The third-order valence-corrected chi connectivity index (χ3v) is 4.50. The van der Waals surface area contributed by atoms with Gasteiger partial charge in [-0.05, 0) is 25.5 Å². The van der Waals surface area contributed by atoms with Crippen LogP contribution in [-0.2, 0) is 9.47 Å². The predicted octanol–water partition coefficient (Wildman–Crippen LogP) is 3.86. The minimum Gasteiger partial charge on any atom is -0.491 e. The second-order valence-electron chi connectivity index (χ2n) is 6.84. The van der Waals surface area contributed by atoms with Gasteiger partial charge in [-0.3, -0.25) is 4.90 Å². The van der Waals surface area contributed by atoms with Crippen LogP contribution in [0.1, 0.15) is 13.8 Å². The highest BCUT2D eigenvalue weighted by atomic mass is 16.5. The van der Waals surface area contributed by atoms with E-state index in [1.54, 1.807) is 0 Å². The van der Waals surface area contributed by atoms with Crippen LogP contribution in [0, 0.1) is 0 Å². The number of hydrogen-bond donors (Lipinski definition) is 0. The van der Waals surface area contributed by atoms with Gasteiger partial charge in [0.1, 0.15) is 12.4 Å². The van der Waals surface area contributed by atoms with Crippen molar-refractivity contribution >= 4 is 0 Å². The SMILES string of the molecule is C[C@@H]1CN(CCOCCOc2ccccc2-c2ccccc2)C[C@@H](C)O1. The van der Waals surface area contributed by atoms with Gasteiger partial charge in [-0.25, -0.2) is 0 Å². The summed E-state index contributed by atoms with van der Waals surface area (Å²) in [5.41, 5.74) is 2.28. The first-order chi connectivity index (χ1) is 12.7. The highest BCUT2D eigenvalue weighted by Crippen LogP contribution is 2.29. The Labute approximate surface area is 156 Å². The Kier molecular flexibility index (Phi) is 7.06. The molecule has 1 aliphatic heterocycles. The molecule has 0 aromatic heterocycles. The van der Waals surface area contributed by atoms with Crippen molar-refractivity contribution in [2.45, 2.75) is 26.1 Å². The minimum atomic E-state index is 0.302. The Morgan fingerprint density at radius 1 is 0.885 bits per heavy atom. The number of para-hydroxylation sites is 1. The van der Waals surface area contributed by atoms with Gasteiger partial charge in [-0.15, -0.1) is 0 Å². The first kappa shape index (κ1) is 18.9. The molecule has 2 aromatic rings. The van der Waals surface area contributed by atoms with Crippen LogP contribution >= 0.6 is 0 Å². The minimum absolute atomic E-state index is 0.302. The lowest BCUT2D eigenvalue weighted by molar-refractivity contribution is -0.0734. The van der Waals surface area contributed by atoms with E-state index in [1.807, 2.05) is 36.4 Å². The third kappa shape index (κ3) is 5.56. The Bertz CT molecular complexity index is 651. The molecule has 3 rings (SSSR count). The van der Waals surface area contributed by atoms with Crippen molar-refractivity contribution in [3.05, 3.63) is 54.6 Å². The van der Waals surface area contributed by atoms with Crippen molar-refractivity contribution in [3.63, 3.8) is 0 Å². The lowest BCUT2D eigenvalue weighted by Gasteiger charge is -2.35.